The van der Waals surface area contributed by atoms with Gasteiger partial charge in [-0.2, -0.15) is 0 Å². The Labute approximate surface area is 247 Å². The van der Waals surface area contributed by atoms with Crippen LogP contribution in [0.4, 0.5) is 5.82 Å². The number of thioether (sulfide) groups is 1. The summed E-state index contributed by atoms with van der Waals surface area (Å²) in [6, 6.07) is 16.2. The molecule has 2 aliphatic rings. The molecule has 0 unspecified atom stereocenters. The van der Waals surface area contributed by atoms with Crippen LogP contribution in [0.25, 0.3) is 0 Å². The standard InChI is InChI=1S/C32H41N5O3S/c1-22(2)18-33-30(38)25-8-6-7-24(15-25)20-41-31-34-28(32(3,4)5)17-29(35-31)37-13-11-36(12-14-37)19-23-9-10-26-27(16-23)40-21-39-26/h6-10,15-17,22H,11-14,18-21H2,1-5H3,(H,33,38). The van der Waals surface area contributed by atoms with Gasteiger partial charge < -0.3 is 19.7 Å². The molecule has 3 heterocycles. The number of nitrogens with one attached hydrogen (secondary N) is 1. The molecule has 1 N–H and O–H groups in total. The summed E-state index contributed by atoms with van der Waals surface area (Å²) in [4.78, 5) is 27.3. The first-order chi connectivity index (χ1) is 19.6. The van der Waals surface area contributed by atoms with Crippen LogP contribution in [0.5, 0.6) is 11.5 Å². The van der Waals surface area contributed by atoms with E-state index in [1.165, 1.54) is 5.56 Å². The van der Waals surface area contributed by atoms with Gasteiger partial charge in [-0.25, -0.2) is 9.97 Å². The molecule has 0 atom stereocenters. The van der Waals surface area contributed by atoms with E-state index in [1.54, 1.807) is 11.8 Å². The fraction of sp³-hybridized carbons (Fsp3) is 0.469. The van der Waals surface area contributed by atoms with E-state index in [1.807, 2.05) is 24.3 Å². The van der Waals surface area contributed by atoms with Gasteiger partial charge in [0.2, 0.25) is 6.79 Å². The first kappa shape index (κ1) is 29.2. The minimum absolute atomic E-state index is 0.0310. The summed E-state index contributed by atoms with van der Waals surface area (Å²) in [7, 11) is 0. The fourth-order valence-electron chi connectivity index (χ4n) is 4.81. The predicted octanol–water partition coefficient (Wildman–Crippen LogP) is 5.50. The molecule has 2 aromatic carbocycles. The summed E-state index contributed by atoms with van der Waals surface area (Å²) >= 11 is 1.62. The largest absolute Gasteiger partial charge is 0.454 e. The average molecular weight is 576 g/mol. The Bertz CT molecular complexity index is 1370. The molecule has 0 spiro atoms. The highest BCUT2D eigenvalue weighted by atomic mass is 32.2. The van der Waals surface area contributed by atoms with E-state index in [-0.39, 0.29) is 11.3 Å². The molecule has 218 valence electrons. The third kappa shape index (κ3) is 7.71. The van der Waals surface area contributed by atoms with Crippen molar-refractivity contribution in [3.63, 3.8) is 0 Å². The van der Waals surface area contributed by atoms with Crippen LogP contribution in [0.1, 0.15) is 61.8 Å². The zero-order chi connectivity index (χ0) is 29.0. The third-order valence-corrected chi connectivity index (χ3v) is 8.15. The van der Waals surface area contributed by atoms with Crippen LogP contribution in [0, 0.1) is 5.92 Å². The van der Waals surface area contributed by atoms with E-state index in [9.17, 15) is 4.79 Å². The second kappa shape index (κ2) is 12.7. The number of hydrogen-bond acceptors (Lipinski definition) is 8. The molecule has 41 heavy (non-hydrogen) atoms. The first-order valence-corrected chi connectivity index (χ1v) is 15.4. The minimum Gasteiger partial charge on any atom is -0.454 e. The van der Waals surface area contributed by atoms with Crippen molar-refractivity contribution in [2.24, 2.45) is 5.92 Å². The fourth-order valence-corrected chi connectivity index (χ4v) is 5.60. The molecular weight excluding hydrogens is 534 g/mol. The maximum absolute atomic E-state index is 12.6. The Morgan fingerprint density at radius 3 is 2.51 bits per heavy atom. The molecule has 5 rings (SSSR count). The molecule has 1 fully saturated rings. The number of anilines is 1. The zero-order valence-corrected chi connectivity index (χ0v) is 25.6. The van der Waals surface area contributed by atoms with Gasteiger partial charge in [-0.3, -0.25) is 9.69 Å². The Morgan fingerprint density at radius 1 is 0.976 bits per heavy atom. The van der Waals surface area contributed by atoms with Crippen LogP contribution in [-0.2, 0) is 17.7 Å². The first-order valence-electron chi connectivity index (χ1n) is 14.4. The molecular formula is C32H41N5O3S. The van der Waals surface area contributed by atoms with E-state index >= 15 is 0 Å². The van der Waals surface area contributed by atoms with E-state index < -0.39 is 0 Å². The van der Waals surface area contributed by atoms with Gasteiger partial charge in [-0.1, -0.05) is 64.6 Å². The Morgan fingerprint density at radius 2 is 1.76 bits per heavy atom. The summed E-state index contributed by atoms with van der Waals surface area (Å²) in [6.45, 7) is 16.3. The van der Waals surface area contributed by atoms with Crippen molar-refractivity contribution < 1.29 is 14.3 Å². The highest BCUT2D eigenvalue weighted by molar-refractivity contribution is 7.98. The minimum atomic E-state index is -0.0946. The van der Waals surface area contributed by atoms with Crippen molar-refractivity contribution in [1.29, 1.82) is 0 Å². The van der Waals surface area contributed by atoms with Crippen LogP contribution in [-0.4, -0.2) is 60.3 Å². The highest BCUT2D eigenvalue weighted by Crippen LogP contribution is 2.33. The predicted molar refractivity (Wildman–Crippen MR) is 164 cm³/mol. The van der Waals surface area contributed by atoms with Crippen molar-refractivity contribution in [3.8, 4) is 11.5 Å². The SMILES string of the molecule is CC(C)CNC(=O)c1cccc(CSc2nc(N3CCN(Cc4ccc5c(c4)OCO5)CC3)cc(C(C)(C)C)n2)c1. The summed E-state index contributed by atoms with van der Waals surface area (Å²) in [6.07, 6.45) is 0. The van der Waals surface area contributed by atoms with Crippen LogP contribution in [0.3, 0.4) is 0 Å². The van der Waals surface area contributed by atoms with Gasteiger partial charge >= 0.3 is 0 Å². The number of carbonyl (C=O) groups is 1. The number of rotatable bonds is 9. The molecule has 0 saturated carbocycles. The van der Waals surface area contributed by atoms with Crippen molar-refractivity contribution in [3.05, 3.63) is 70.9 Å². The summed E-state index contributed by atoms with van der Waals surface area (Å²) in [5, 5.41) is 3.77. The number of piperazine rings is 1. The number of amides is 1. The number of aromatic nitrogens is 2. The molecule has 2 aliphatic heterocycles. The second-order valence-electron chi connectivity index (χ2n) is 12.2. The maximum atomic E-state index is 12.6. The molecule has 0 bridgehead atoms. The quantitative estimate of drug-likeness (QED) is 0.265. The number of fused-ring (bicyclic) bond motifs is 1. The maximum Gasteiger partial charge on any atom is 0.251 e. The molecule has 1 saturated heterocycles. The topological polar surface area (TPSA) is 79.8 Å². The van der Waals surface area contributed by atoms with E-state index in [2.05, 4.69) is 74.0 Å². The van der Waals surface area contributed by atoms with Crippen molar-refractivity contribution in [2.45, 2.75) is 57.5 Å². The monoisotopic (exact) mass is 575 g/mol. The van der Waals surface area contributed by atoms with Gasteiger partial charge in [0, 0.05) is 62.1 Å². The van der Waals surface area contributed by atoms with Crippen LogP contribution >= 0.6 is 11.8 Å². The molecule has 1 amide bonds. The van der Waals surface area contributed by atoms with E-state index in [0.29, 0.717) is 30.6 Å². The van der Waals surface area contributed by atoms with Gasteiger partial charge in [0.1, 0.15) is 5.82 Å². The Kier molecular flexibility index (Phi) is 9.04. The summed E-state index contributed by atoms with van der Waals surface area (Å²) in [5.74, 6) is 3.72. The number of hydrogen-bond donors (Lipinski definition) is 1. The van der Waals surface area contributed by atoms with Gasteiger partial charge in [0.25, 0.3) is 5.91 Å². The zero-order valence-electron chi connectivity index (χ0n) is 24.8. The molecule has 8 nitrogen and oxygen atoms in total. The Balaban J connectivity index is 1.23. The van der Waals surface area contributed by atoms with Gasteiger partial charge in [0.05, 0.1) is 5.69 Å². The summed E-state index contributed by atoms with van der Waals surface area (Å²) < 4.78 is 11.0. The highest BCUT2D eigenvalue weighted by Gasteiger charge is 2.24. The van der Waals surface area contributed by atoms with E-state index in [4.69, 9.17) is 19.4 Å². The summed E-state index contributed by atoms with van der Waals surface area (Å²) in [5.41, 5.74) is 3.94. The second-order valence-corrected chi connectivity index (χ2v) is 13.1. The van der Waals surface area contributed by atoms with Gasteiger partial charge in [-0.15, -0.1) is 0 Å². The lowest BCUT2D eigenvalue weighted by molar-refractivity contribution is 0.0949. The number of ether oxygens (including phenoxy) is 2. The number of carbonyl (C=O) groups excluding carboxylic acids is 1. The lowest BCUT2D eigenvalue weighted by atomic mass is 9.92. The molecule has 1 aromatic heterocycles. The normalized spacial score (nSPS) is 15.4. The molecule has 9 heteroatoms. The lowest BCUT2D eigenvalue weighted by Crippen LogP contribution is -2.46. The number of nitrogens with zero attached hydrogens (tertiary/aromatic N) is 4. The third-order valence-electron chi connectivity index (χ3n) is 7.23. The molecule has 0 aliphatic carbocycles. The van der Waals surface area contributed by atoms with Crippen LogP contribution < -0.4 is 19.7 Å². The average Bonchev–Trinajstić information content (AvgIpc) is 3.43. The smallest absolute Gasteiger partial charge is 0.251 e. The Hall–Kier alpha value is -3.30. The van der Waals surface area contributed by atoms with E-state index in [0.717, 1.165) is 66.5 Å². The van der Waals surface area contributed by atoms with Crippen molar-refractivity contribution >= 4 is 23.5 Å². The van der Waals surface area contributed by atoms with Crippen molar-refractivity contribution in [1.82, 2.24) is 20.2 Å². The van der Waals surface area contributed by atoms with Crippen LogP contribution in [0.2, 0.25) is 0 Å². The van der Waals surface area contributed by atoms with Crippen LogP contribution in [0.15, 0.2) is 53.7 Å². The number of benzene rings is 2. The van der Waals surface area contributed by atoms with Gasteiger partial charge in [0.15, 0.2) is 16.7 Å². The molecule has 0 radical (unpaired) electrons. The van der Waals surface area contributed by atoms with Gasteiger partial charge in [-0.05, 0) is 41.3 Å². The van der Waals surface area contributed by atoms with Crippen molar-refractivity contribution in [2.75, 3.05) is 44.4 Å². The molecule has 3 aromatic rings. The lowest BCUT2D eigenvalue weighted by Gasteiger charge is -2.36.